The van der Waals surface area contributed by atoms with Crippen LogP contribution in [0.4, 0.5) is 0 Å². The zero-order chi connectivity index (χ0) is 8.39. The maximum atomic E-state index is 5.46. The molecule has 0 aromatic carbocycles. The Kier molecular flexibility index (Phi) is 1.91. The van der Waals surface area contributed by atoms with Crippen molar-refractivity contribution >= 4 is 0 Å². The molecule has 0 unspecified atom stereocenters. The lowest BCUT2D eigenvalue weighted by Gasteiger charge is -2.25. The third kappa shape index (κ3) is 1.53. The Hall–Kier alpha value is -1.16. The van der Waals surface area contributed by atoms with Crippen LogP contribution in [0.2, 0.25) is 0 Å². The van der Waals surface area contributed by atoms with Crippen LogP contribution in [0.15, 0.2) is 12.3 Å². The zero-order valence-corrected chi connectivity index (χ0v) is 6.86. The van der Waals surface area contributed by atoms with Crippen molar-refractivity contribution in [2.75, 3.05) is 13.2 Å². The van der Waals surface area contributed by atoms with Gasteiger partial charge < -0.3 is 9.47 Å². The molecule has 0 spiro atoms. The molecular formula is C8H10N2O2. The molecule has 0 aliphatic carbocycles. The third-order valence-corrected chi connectivity index (χ3v) is 1.65. The molecule has 4 nitrogen and oxygen atoms in total. The first kappa shape index (κ1) is 7.49. The second-order valence-electron chi connectivity index (χ2n) is 2.72. The monoisotopic (exact) mass is 166 g/mol. The highest BCUT2D eigenvalue weighted by molar-refractivity contribution is 5.08. The molecule has 0 N–H and O–H groups in total. The Morgan fingerprint density at radius 1 is 1.58 bits per heavy atom. The summed E-state index contributed by atoms with van der Waals surface area (Å²) in [4.78, 5) is 8.07. The first-order valence-electron chi connectivity index (χ1n) is 3.88. The summed E-state index contributed by atoms with van der Waals surface area (Å²) in [5.41, 5.74) is 0. The molecule has 2 rings (SSSR count). The van der Waals surface area contributed by atoms with E-state index in [4.69, 9.17) is 9.47 Å². The largest absolute Gasteiger partial charge is 0.469 e. The first-order valence-corrected chi connectivity index (χ1v) is 3.88. The summed E-state index contributed by atoms with van der Waals surface area (Å²) in [6.07, 6.45) is 1.87. The lowest BCUT2D eigenvalue weighted by molar-refractivity contribution is -0.0814. The summed E-state index contributed by atoms with van der Waals surface area (Å²) in [7, 11) is 0. The van der Waals surface area contributed by atoms with E-state index in [0.717, 1.165) is 5.82 Å². The van der Waals surface area contributed by atoms with E-state index in [1.807, 2.05) is 6.92 Å². The molecule has 1 aliphatic rings. The number of rotatable bonds is 2. The van der Waals surface area contributed by atoms with Crippen LogP contribution in [-0.2, 0) is 4.74 Å². The van der Waals surface area contributed by atoms with Gasteiger partial charge in [-0.15, -0.1) is 0 Å². The first-order chi connectivity index (χ1) is 5.84. The van der Waals surface area contributed by atoms with Crippen molar-refractivity contribution in [2.45, 2.75) is 13.0 Å². The standard InChI is InChI=1S/C8H10N2O2/c1-6-9-3-2-8(10-6)12-7-4-11-5-7/h2-3,7H,4-5H2,1H3. The molecule has 1 aliphatic heterocycles. The highest BCUT2D eigenvalue weighted by Gasteiger charge is 2.20. The molecule has 64 valence electrons. The van der Waals surface area contributed by atoms with Gasteiger partial charge in [-0.05, 0) is 6.92 Å². The van der Waals surface area contributed by atoms with Crippen molar-refractivity contribution in [3.8, 4) is 5.88 Å². The average Bonchev–Trinajstić information content (AvgIpc) is 1.97. The number of hydrogen-bond donors (Lipinski definition) is 0. The van der Waals surface area contributed by atoms with Crippen molar-refractivity contribution in [2.24, 2.45) is 0 Å². The summed E-state index contributed by atoms with van der Waals surface area (Å²) >= 11 is 0. The summed E-state index contributed by atoms with van der Waals surface area (Å²) in [6.45, 7) is 3.18. The Labute approximate surface area is 70.6 Å². The van der Waals surface area contributed by atoms with E-state index in [1.54, 1.807) is 12.3 Å². The number of aryl methyl sites for hydroxylation is 1. The molecule has 1 fully saturated rings. The smallest absolute Gasteiger partial charge is 0.216 e. The fourth-order valence-corrected chi connectivity index (χ4v) is 0.953. The van der Waals surface area contributed by atoms with Crippen molar-refractivity contribution in [3.05, 3.63) is 18.1 Å². The molecule has 0 amide bonds. The highest BCUT2D eigenvalue weighted by atomic mass is 16.6. The molecule has 0 atom stereocenters. The topological polar surface area (TPSA) is 44.2 Å². The lowest BCUT2D eigenvalue weighted by Crippen LogP contribution is -2.38. The maximum absolute atomic E-state index is 5.46. The molecule has 0 bridgehead atoms. The second kappa shape index (κ2) is 3.06. The number of ether oxygens (including phenoxy) is 2. The molecule has 1 aromatic rings. The van der Waals surface area contributed by atoms with E-state index in [9.17, 15) is 0 Å². The van der Waals surface area contributed by atoms with Gasteiger partial charge >= 0.3 is 0 Å². The SMILES string of the molecule is Cc1nccc(OC2COC2)n1. The summed E-state index contributed by atoms with van der Waals surface area (Å²) < 4.78 is 10.4. The highest BCUT2D eigenvalue weighted by Crippen LogP contribution is 2.11. The summed E-state index contributed by atoms with van der Waals surface area (Å²) in [5, 5.41) is 0. The van der Waals surface area contributed by atoms with E-state index in [2.05, 4.69) is 9.97 Å². The van der Waals surface area contributed by atoms with Gasteiger partial charge in [-0.3, -0.25) is 0 Å². The fraction of sp³-hybridized carbons (Fsp3) is 0.500. The Balaban J connectivity index is 2.02. The molecule has 0 radical (unpaired) electrons. The molecule has 4 heteroatoms. The molecule has 0 saturated carbocycles. The maximum Gasteiger partial charge on any atom is 0.216 e. The van der Waals surface area contributed by atoms with Crippen LogP contribution in [0.1, 0.15) is 5.82 Å². The van der Waals surface area contributed by atoms with Gasteiger partial charge in [-0.25, -0.2) is 4.98 Å². The van der Waals surface area contributed by atoms with Crippen LogP contribution in [-0.4, -0.2) is 29.3 Å². The Morgan fingerprint density at radius 2 is 2.42 bits per heavy atom. The van der Waals surface area contributed by atoms with E-state index in [-0.39, 0.29) is 6.10 Å². The van der Waals surface area contributed by atoms with Crippen LogP contribution >= 0.6 is 0 Å². The fourth-order valence-electron chi connectivity index (χ4n) is 0.953. The van der Waals surface area contributed by atoms with Crippen LogP contribution in [0.5, 0.6) is 5.88 Å². The van der Waals surface area contributed by atoms with Gasteiger partial charge in [0.15, 0.2) is 0 Å². The lowest BCUT2D eigenvalue weighted by atomic mass is 10.3. The Bertz CT molecular complexity index is 274. The van der Waals surface area contributed by atoms with Crippen LogP contribution < -0.4 is 4.74 Å². The summed E-state index contributed by atoms with van der Waals surface area (Å²) in [5.74, 6) is 1.36. The number of nitrogens with zero attached hydrogens (tertiary/aromatic N) is 2. The van der Waals surface area contributed by atoms with Gasteiger partial charge in [0.05, 0.1) is 13.2 Å². The van der Waals surface area contributed by atoms with E-state index < -0.39 is 0 Å². The molecule has 12 heavy (non-hydrogen) atoms. The third-order valence-electron chi connectivity index (χ3n) is 1.65. The van der Waals surface area contributed by atoms with E-state index >= 15 is 0 Å². The van der Waals surface area contributed by atoms with E-state index in [1.165, 1.54) is 0 Å². The number of hydrogen-bond acceptors (Lipinski definition) is 4. The van der Waals surface area contributed by atoms with Crippen molar-refractivity contribution < 1.29 is 9.47 Å². The Morgan fingerprint density at radius 3 is 3.00 bits per heavy atom. The summed E-state index contributed by atoms with van der Waals surface area (Å²) in [6, 6.07) is 1.76. The minimum atomic E-state index is 0.180. The average molecular weight is 166 g/mol. The van der Waals surface area contributed by atoms with Crippen molar-refractivity contribution in [1.29, 1.82) is 0 Å². The van der Waals surface area contributed by atoms with Crippen LogP contribution in [0.3, 0.4) is 0 Å². The normalized spacial score (nSPS) is 17.1. The zero-order valence-electron chi connectivity index (χ0n) is 6.86. The van der Waals surface area contributed by atoms with Gasteiger partial charge in [0.1, 0.15) is 11.9 Å². The predicted molar refractivity (Wildman–Crippen MR) is 42.0 cm³/mol. The molecule has 2 heterocycles. The second-order valence-corrected chi connectivity index (χ2v) is 2.72. The minimum Gasteiger partial charge on any atom is -0.469 e. The quantitative estimate of drug-likeness (QED) is 0.644. The van der Waals surface area contributed by atoms with Crippen molar-refractivity contribution in [3.63, 3.8) is 0 Å². The van der Waals surface area contributed by atoms with Crippen LogP contribution in [0.25, 0.3) is 0 Å². The molecule has 1 saturated heterocycles. The molecular weight excluding hydrogens is 156 g/mol. The van der Waals surface area contributed by atoms with Gasteiger partial charge in [-0.1, -0.05) is 0 Å². The van der Waals surface area contributed by atoms with Gasteiger partial charge in [-0.2, -0.15) is 4.98 Å². The van der Waals surface area contributed by atoms with Gasteiger partial charge in [0, 0.05) is 12.3 Å². The number of aromatic nitrogens is 2. The predicted octanol–water partition coefficient (Wildman–Crippen LogP) is 0.563. The van der Waals surface area contributed by atoms with Gasteiger partial charge in [0.25, 0.3) is 0 Å². The van der Waals surface area contributed by atoms with Crippen LogP contribution in [0, 0.1) is 6.92 Å². The van der Waals surface area contributed by atoms with Gasteiger partial charge in [0.2, 0.25) is 5.88 Å². The van der Waals surface area contributed by atoms with E-state index in [0.29, 0.717) is 19.1 Å². The molecule has 1 aromatic heterocycles. The van der Waals surface area contributed by atoms with Crippen molar-refractivity contribution in [1.82, 2.24) is 9.97 Å². The minimum absolute atomic E-state index is 0.180.